The molecule has 2 aromatic rings. The minimum atomic E-state index is -0.738. The summed E-state index contributed by atoms with van der Waals surface area (Å²) in [5.74, 6) is -1.59. The molecule has 1 heterocycles. The van der Waals surface area contributed by atoms with Crippen LogP contribution in [0.1, 0.15) is 45.2 Å². The molecule has 0 radical (unpaired) electrons. The Morgan fingerprint density at radius 1 is 1.21 bits per heavy atom. The minimum absolute atomic E-state index is 0.00817. The lowest BCUT2D eigenvalue weighted by Gasteiger charge is -2.31. The van der Waals surface area contributed by atoms with Crippen LogP contribution in [-0.4, -0.2) is 30.0 Å². The lowest BCUT2D eigenvalue weighted by Crippen LogP contribution is -2.36. The zero-order valence-electron chi connectivity index (χ0n) is 15.5. The first-order valence-corrected chi connectivity index (χ1v) is 8.89. The van der Waals surface area contributed by atoms with Gasteiger partial charge in [0.15, 0.2) is 0 Å². The van der Waals surface area contributed by atoms with Crippen molar-refractivity contribution in [3.63, 3.8) is 0 Å². The third kappa shape index (κ3) is 3.71. The Morgan fingerprint density at radius 3 is 2.61 bits per heavy atom. The Labute approximate surface area is 160 Å². The maximum Gasteiger partial charge on any atom is 0.338 e. The van der Waals surface area contributed by atoms with E-state index in [2.05, 4.69) is 0 Å². The molecule has 1 aliphatic heterocycles. The summed E-state index contributed by atoms with van der Waals surface area (Å²) in [7, 11) is 0. The summed E-state index contributed by atoms with van der Waals surface area (Å²) in [6, 6.07) is 6.26. The van der Waals surface area contributed by atoms with Crippen LogP contribution in [0.15, 0.2) is 30.3 Å². The first-order chi connectivity index (χ1) is 13.3. The van der Waals surface area contributed by atoms with Gasteiger partial charge in [-0.2, -0.15) is 0 Å². The second-order valence-electron chi connectivity index (χ2n) is 6.54. The molecule has 0 bridgehead atoms. The van der Waals surface area contributed by atoms with Crippen LogP contribution in [0.2, 0.25) is 0 Å². The fourth-order valence-electron chi connectivity index (χ4n) is 3.45. The van der Waals surface area contributed by atoms with Crippen molar-refractivity contribution in [2.45, 2.75) is 26.7 Å². The second-order valence-corrected chi connectivity index (χ2v) is 6.54. The van der Waals surface area contributed by atoms with Crippen molar-refractivity contribution >= 4 is 23.3 Å². The van der Waals surface area contributed by atoms with Gasteiger partial charge in [0.25, 0.3) is 11.6 Å². The van der Waals surface area contributed by atoms with Crippen LogP contribution in [0, 0.1) is 22.9 Å². The Hall–Kier alpha value is -3.29. The molecule has 7 nitrogen and oxygen atoms in total. The van der Waals surface area contributed by atoms with Gasteiger partial charge >= 0.3 is 5.97 Å². The van der Waals surface area contributed by atoms with Crippen LogP contribution in [0.5, 0.6) is 0 Å². The van der Waals surface area contributed by atoms with Crippen molar-refractivity contribution in [3.05, 3.63) is 68.5 Å². The quantitative estimate of drug-likeness (QED) is 0.453. The van der Waals surface area contributed by atoms with Gasteiger partial charge in [0.1, 0.15) is 5.82 Å². The molecule has 0 saturated heterocycles. The number of nitro groups is 1. The number of benzene rings is 2. The van der Waals surface area contributed by atoms with E-state index in [-0.39, 0.29) is 29.2 Å². The summed E-state index contributed by atoms with van der Waals surface area (Å²) < 4.78 is 18.6. The number of non-ortho nitro benzene ring substituents is 1. The predicted octanol–water partition coefficient (Wildman–Crippen LogP) is 3.81. The number of ether oxygens (including phenoxy) is 1. The lowest BCUT2D eigenvalue weighted by atomic mass is 9.97. The van der Waals surface area contributed by atoms with E-state index < -0.39 is 16.8 Å². The molecular formula is C20H19FN2O5. The third-order valence-corrected chi connectivity index (χ3v) is 4.57. The highest BCUT2D eigenvalue weighted by atomic mass is 19.1. The number of fused-ring (bicyclic) bond motifs is 1. The molecule has 0 saturated carbocycles. The van der Waals surface area contributed by atoms with Gasteiger partial charge in [0, 0.05) is 24.2 Å². The average molecular weight is 386 g/mol. The number of amides is 1. The summed E-state index contributed by atoms with van der Waals surface area (Å²) in [4.78, 5) is 37.3. The van der Waals surface area contributed by atoms with Crippen LogP contribution in [0.3, 0.4) is 0 Å². The van der Waals surface area contributed by atoms with E-state index in [1.165, 1.54) is 23.1 Å². The van der Waals surface area contributed by atoms with Crippen LogP contribution < -0.4 is 4.90 Å². The van der Waals surface area contributed by atoms with Crippen molar-refractivity contribution in [3.8, 4) is 0 Å². The Bertz CT molecular complexity index is 973. The molecule has 0 fully saturated rings. The number of hydrogen-bond donors (Lipinski definition) is 0. The average Bonchev–Trinajstić information content (AvgIpc) is 2.66. The SMILES string of the molecule is CCOC(=O)c1cc(C(=O)N2CCCc3cc(F)cc(C)c32)cc([N+](=O)[O-])c1. The standard InChI is InChI=1S/C20H19FN2O5/c1-3-28-20(25)15-8-14(10-17(11-15)23(26)27)19(24)22-6-4-5-13-9-16(21)7-12(2)18(13)22/h7-11H,3-6H2,1-2H3. The predicted molar refractivity (Wildman–Crippen MR) is 100 cm³/mol. The first kappa shape index (κ1) is 19.5. The normalized spacial score (nSPS) is 13.0. The maximum atomic E-state index is 13.7. The van der Waals surface area contributed by atoms with E-state index in [4.69, 9.17) is 4.74 Å². The van der Waals surface area contributed by atoms with Gasteiger partial charge < -0.3 is 9.64 Å². The van der Waals surface area contributed by atoms with Crippen LogP contribution in [0.25, 0.3) is 0 Å². The molecule has 0 N–H and O–H groups in total. The number of nitrogens with zero attached hydrogens (tertiary/aromatic N) is 2. The molecule has 0 unspecified atom stereocenters. The van der Waals surface area contributed by atoms with E-state index in [0.29, 0.717) is 36.2 Å². The highest BCUT2D eigenvalue weighted by Gasteiger charge is 2.28. The molecule has 28 heavy (non-hydrogen) atoms. The van der Waals surface area contributed by atoms with Gasteiger partial charge in [-0.1, -0.05) is 0 Å². The van der Waals surface area contributed by atoms with Gasteiger partial charge in [-0.3, -0.25) is 14.9 Å². The number of esters is 1. The number of nitro benzene ring substituents is 1. The molecule has 0 aromatic heterocycles. The largest absolute Gasteiger partial charge is 0.462 e. The third-order valence-electron chi connectivity index (χ3n) is 4.57. The molecule has 0 spiro atoms. The highest BCUT2D eigenvalue weighted by molar-refractivity contribution is 6.08. The number of rotatable bonds is 4. The minimum Gasteiger partial charge on any atom is -0.462 e. The maximum absolute atomic E-state index is 13.7. The number of hydrogen-bond acceptors (Lipinski definition) is 5. The summed E-state index contributed by atoms with van der Waals surface area (Å²) in [5.41, 5.74) is 1.51. The van der Waals surface area contributed by atoms with Gasteiger partial charge in [0.2, 0.25) is 0 Å². The summed E-state index contributed by atoms with van der Waals surface area (Å²) in [6.45, 7) is 3.84. The molecule has 1 aliphatic rings. The van der Waals surface area contributed by atoms with Crippen molar-refractivity contribution < 1.29 is 23.6 Å². The molecule has 2 aromatic carbocycles. The van der Waals surface area contributed by atoms with Gasteiger partial charge in [-0.05, 0) is 56.0 Å². The number of halogens is 1. The first-order valence-electron chi connectivity index (χ1n) is 8.89. The van der Waals surface area contributed by atoms with E-state index in [1.54, 1.807) is 13.8 Å². The van der Waals surface area contributed by atoms with Gasteiger partial charge in [0.05, 0.1) is 22.8 Å². The van der Waals surface area contributed by atoms with E-state index >= 15 is 0 Å². The van der Waals surface area contributed by atoms with Crippen molar-refractivity contribution in [2.75, 3.05) is 18.1 Å². The van der Waals surface area contributed by atoms with Gasteiger partial charge in [-0.15, -0.1) is 0 Å². The van der Waals surface area contributed by atoms with Crippen LogP contribution >= 0.6 is 0 Å². The monoisotopic (exact) mass is 386 g/mol. The summed E-state index contributed by atoms with van der Waals surface area (Å²) >= 11 is 0. The molecular weight excluding hydrogens is 367 g/mol. The van der Waals surface area contributed by atoms with Crippen molar-refractivity contribution in [2.24, 2.45) is 0 Å². The molecule has 0 aliphatic carbocycles. The molecule has 146 valence electrons. The zero-order chi connectivity index (χ0) is 20.4. The number of carbonyl (C=O) groups is 2. The van der Waals surface area contributed by atoms with Gasteiger partial charge in [-0.25, -0.2) is 9.18 Å². The number of anilines is 1. The number of aryl methyl sites for hydroxylation is 2. The zero-order valence-corrected chi connectivity index (χ0v) is 15.5. The summed E-state index contributed by atoms with van der Waals surface area (Å²) in [5, 5.41) is 11.3. The van der Waals surface area contributed by atoms with Crippen LogP contribution in [0.4, 0.5) is 15.8 Å². The smallest absolute Gasteiger partial charge is 0.338 e. The molecule has 8 heteroatoms. The fourth-order valence-corrected chi connectivity index (χ4v) is 3.45. The Morgan fingerprint density at radius 2 is 1.93 bits per heavy atom. The van der Waals surface area contributed by atoms with E-state index in [0.717, 1.165) is 12.1 Å². The Kier molecular flexibility index (Phi) is 5.39. The van der Waals surface area contributed by atoms with Crippen LogP contribution in [-0.2, 0) is 11.2 Å². The topological polar surface area (TPSA) is 89.8 Å². The second kappa shape index (κ2) is 7.75. The van der Waals surface area contributed by atoms with Crippen molar-refractivity contribution in [1.29, 1.82) is 0 Å². The Balaban J connectivity index is 2.06. The lowest BCUT2D eigenvalue weighted by molar-refractivity contribution is -0.384. The fraction of sp³-hybridized carbons (Fsp3) is 0.300. The number of carbonyl (C=O) groups excluding carboxylic acids is 2. The molecule has 3 rings (SSSR count). The highest BCUT2D eigenvalue weighted by Crippen LogP contribution is 2.33. The molecule has 1 amide bonds. The molecule has 0 atom stereocenters. The van der Waals surface area contributed by atoms with E-state index in [1.807, 2.05) is 0 Å². The van der Waals surface area contributed by atoms with Crippen molar-refractivity contribution in [1.82, 2.24) is 0 Å². The summed E-state index contributed by atoms with van der Waals surface area (Å²) in [6.07, 6.45) is 1.28. The van der Waals surface area contributed by atoms with E-state index in [9.17, 15) is 24.1 Å².